The second kappa shape index (κ2) is 14.1. The van der Waals surface area contributed by atoms with Gasteiger partial charge in [-0.15, -0.1) is 0 Å². The maximum Gasteiger partial charge on any atom is 0.240 e. The molecule has 1 heterocycles. The fraction of sp³-hybridized carbons (Fsp3) is 0.971. The summed E-state index contributed by atoms with van der Waals surface area (Å²) in [5.41, 5.74) is 6.56. The Morgan fingerprint density at radius 2 is 1.93 bits per heavy atom. The molecular formula is C35H65N5O4. The Bertz CT molecular complexity index is 963. The van der Waals surface area contributed by atoms with Crippen LogP contribution in [0.2, 0.25) is 0 Å². The van der Waals surface area contributed by atoms with E-state index < -0.39 is 12.1 Å². The lowest BCUT2D eigenvalue weighted by molar-refractivity contribution is -0.186. The number of hydrogen-bond donors (Lipinski definition) is 4. The number of hydroxylamine groups is 2. The molecule has 6 aliphatic rings. The molecular weight excluding hydrogens is 554 g/mol. The summed E-state index contributed by atoms with van der Waals surface area (Å²) < 4.78 is 6.38. The van der Waals surface area contributed by atoms with Gasteiger partial charge in [-0.1, -0.05) is 27.2 Å². The number of methoxy groups -OCH3 is 1. The Hall–Kier alpha value is -0.810. The fourth-order valence-corrected chi connectivity index (χ4v) is 10.8. The fourth-order valence-electron chi connectivity index (χ4n) is 10.8. The molecule has 1 amide bonds. The Balaban J connectivity index is 1.32. The Kier molecular flexibility index (Phi) is 11.1. The van der Waals surface area contributed by atoms with Crippen molar-refractivity contribution in [3.05, 3.63) is 0 Å². The number of amides is 1. The van der Waals surface area contributed by atoms with Gasteiger partial charge in [0.1, 0.15) is 6.04 Å². The summed E-state index contributed by atoms with van der Waals surface area (Å²) in [6.45, 7) is 10.8. The number of nitrogens with two attached hydrogens (primary N) is 1. The van der Waals surface area contributed by atoms with Gasteiger partial charge in [-0.25, -0.2) is 0 Å². The van der Waals surface area contributed by atoms with Crippen LogP contribution in [0.15, 0.2) is 0 Å². The van der Waals surface area contributed by atoms with Crippen LogP contribution in [-0.2, 0) is 14.4 Å². The Labute approximate surface area is 267 Å². The third-order valence-corrected chi connectivity index (χ3v) is 13.4. The van der Waals surface area contributed by atoms with E-state index in [1.165, 1.54) is 32.1 Å². The summed E-state index contributed by atoms with van der Waals surface area (Å²) in [6.07, 6.45) is 8.45. The second-order valence-electron chi connectivity index (χ2n) is 16.4. The van der Waals surface area contributed by atoms with Gasteiger partial charge in [0.2, 0.25) is 5.91 Å². The largest absolute Gasteiger partial charge is 0.393 e. The van der Waals surface area contributed by atoms with Crippen molar-refractivity contribution in [3.63, 3.8) is 0 Å². The van der Waals surface area contributed by atoms with Crippen LogP contribution in [-0.4, -0.2) is 105 Å². The first-order valence-electron chi connectivity index (χ1n) is 17.9. The lowest BCUT2D eigenvalue weighted by Gasteiger charge is -2.62. The van der Waals surface area contributed by atoms with Gasteiger partial charge < -0.3 is 31.1 Å². The molecule has 0 radical (unpaired) electrons. The first-order valence-corrected chi connectivity index (χ1v) is 17.9. The normalized spacial score (nSPS) is 44.8. The zero-order valence-corrected chi connectivity index (χ0v) is 29.0. The lowest BCUT2D eigenvalue weighted by Crippen LogP contribution is -2.62. The zero-order valence-electron chi connectivity index (χ0n) is 29.0. The van der Waals surface area contributed by atoms with Gasteiger partial charge in [-0.3, -0.25) is 9.63 Å². The van der Waals surface area contributed by atoms with Gasteiger partial charge in [-0.2, -0.15) is 5.06 Å². The molecule has 9 heteroatoms. The minimum absolute atomic E-state index is 0.0138. The summed E-state index contributed by atoms with van der Waals surface area (Å²) in [4.78, 5) is 23.1. The molecule has 0 aromatic carbocycles. The Morgan fingerprint density at radius 1 is 1.18 bits per heavy atom. The molecule has 1 saturated heterocycles. The number of carbonyl (C=O) groups is 1. The maximum atomic E-state index is 14.2. The number of carbonyl (C=O) groups excluding carboxylic acids is 1. The monoisotopic (exact) mass is 620 g/mol. The van der Waals surface area contributed by atoms with E-state index in [9.17, 15) is 9.90 Å². The molecule has 14 atom stereocenters. The SMILES string of the molecule is CNCC1CC(C2CCCC(CN3O[C@@H](CN)[C@@H]([C@H](C)O)[C@H]3C(=O)N[C@H]3C[C@H]4C[C@@H]([C@@H]3C)C4(C)C)C2OC)CC(N(C)C)C1. The second-order valence-corrected chi connectivity index (χ2v) is 16.4. The van der Waals surface area contributed by atoms with Crippen LogP contribution in [0.3, 0.4) is 0 Å². The first kappa shape index (κ1) is 34.5. The number of fused-ring (bicyclic) bond motifs is 2. The highest BCUT2D eigenvalue weighted by Crippen LogP contribution is 2.61. The highest BCUT2D eigenvalue weighted by Gasteiger charge is 2.57. The summed E-state index contributed by atoms with van der Waals surface area (Å²) in [5, 5.41) is 19.8. The van der Waals surface area contributed by atoms with Gasteiger partial charge in [-0.05, 0) is 120 Å². The molecule has 44 heavy (non-hydrogen) atoms. The van der Waals surface area contributed by atoms with Crippen LogP contribution in [0.25, 0.3) is 0 Å². The molecule has 0 aromatic rings. The highest BCUT2D eigenvalue weighted by molar-refractivity contribution is 5.82. The van der Waals surface area contributed by atoms with E-state index in [1.54, 1.807) is 6.92 Å². The number of hydrogen-bond acceptors (Lipinski definition) is 8. The number of ether oxygens (including phenoxy) is 1. The minimum Gasteiger partial charge on any atom is -0.393 e. The predicted octanol–water partition coefficient (Wildman–Crippen LogP) is 3.11. The predicted molar refractivity (Wildman–Crippen MR) is 175 cm³/mol. The molecule has 0 spiro atoms. The van der Waals surface area contributed by atoms with Gasteiger partial charge in [0.25, 0.3) is 0 Å². The van der Waals surface area contributed by atoms with Crippen LogP contribution >= 0.6 is 0 Å². The summed E-state index contributed by atoms with van der Waals surface area (Å²) in [5.74, 6) is 3.41. The molecule has 254 valence electrons. The number of nitrogens with zero attached hydrogens (tertiary/aromatic N) is 2. The summed E-state index contributed by atoms with van der Waals surface area (Å²) in [7, 11) is 8.39. The van der Waals surface area contributed by atoms with E-state index in [0.29, 0.717) is 53.5 Å². The van der Waals surface area contributed by atoms with E-state index in [2.05, 4.69) is 57.4 Å². The van der Waals surface area contributed by atoms with Crippen molar-refractivity contribution in [1.82, 2.24) is 20.6 Å². The Morgan fingerprint density at radius 3 is 2.52 bits per heavy atom. The van der Waals surface area contributed by atoms with Crippen LogP contribution < -0.4 is 16.4 Å². The quantitative estimate of drug-likeness (QED) is 0.279. The molecule has 6 unspecified atom stereocenters. The van der Waals surface area contributed by atoms with Crippen LogP contribution in [0.1, 0.15) is 79.1 Å². The number of aliphatic hydroxyl groups is 1. The lowest BCUT2D eigenvalue weighted by atomic mass is 9.45. The average Bonchev–Trinajstić information content (AvgIpc) is 3.36. The van der Waals surface area contributed by atoms with Crippen molar-refractivity contribution in [1.29, 1.82) is 0 Å². The molecule has 6 rings (SSSR count). The van der Waals surface area contributed by atoms with E-state index >= 15 is 0 Å². The smallest absolute Gasteiger partial charge is 0.240 e. The molecule has 6 fully saturated rings. The first-order chi connectivity index (χ1) is 20.9. The van der Waals surface area contributed by atoms with Crippen molar-refractivity contribution in [2.75, 3.05) is 47.9 Å². The van der Waals surface area contributed by atoms with E-state index in [0.717, 1.165) is 25.8 Å². The summed E-state index contributed by atoms with van der Waals surface area (Å²) >= 11 is 0. The molecule has 5 saturated carbocycles. The zero-order chi connectivity index (χ0) is 31.9. The molecule has 0 aromatic heterocycles. The molecule has 5 N–H and O–H groups in total. The number of nitrogens with one attached hydrogen (secondary N) is 2. The number of aliphatic hydroxyl groups excluding tert-OH is 1. The third kappa shape index (κ3) is 6.63. The van der Waals surface area contributed by atoms with Gasteiger partial charge in [0.15, 0.2) is 0 Å². The molecule has 5 aliphatic carbocycles. The third-order valence-electron chi connectivity index (χ3n) is 13.4. The van der Waals surface area contributed by atoms with Crippen molar-refractivity contribution in [2.45, 2.75) is 115 Å². The average molecular weight is 620 g/mol. The minimum atomic E-state index is -0.702. The van der Waals surface area contributed by atoms with Crippen LogP contribution in [0.4, 0.5) is 0 Å². The van der Waals surface area contributed by atoms with Crippen molar-refractivity contribution >= 4 is 5.91 Å². The van der Waals surface area contributed by atoms with Crippen LogP contribution in [0, 0.1) is 52.8 Å². The topological polar surface area (TPSA) is 112 Å². The van der Waals surface area contributed by atoms with Gasteiger partial charge >= 0.3 is 0 Å². The maximum absolute atomic E-state index is 14.2. The van der Waals surface area contributed by atoms with E-state index in [-0.39, 0.29) is 42.5 Å². The molecule has 2 bridgehead atoms. The number of rotatable bonds is 11. The van der Waals surface area contributed by atoms with Crippen molar-refractivity contribution < 1.29 is 19.5 Å². The van der Waals surface area contributed by atoms with E-state index in [1.807, 2.05) is 12.2 Å². The summed E-state index contributed by atoms with van der Waals surface area (Å²) in [6, 6.07) is 0.198. The van der Waals surface area contributed by atoms with Crippen LogP contribution in [0.5, 0.6) is 0 Å². The standard InChI is InChI=1S/C35H65N5O4/c1-20-28-15-25(35(28,3)4)16-29(20)38-34(42)32-31(21(2)41)30(17-36)44-40(32)19-23-10-9-11-27(33(23)43-8)24-12-22(18-37-5)13-26(14-24)39(6)7/h20-33,37,41H,9-19,36H2,1-8H3,(H,38,42)/t20-,21-,22?,23?,24?,25+,26?,27?,28-,29-,30-,31+,32-,33?/m0/s1. The van der Waals surface area contributed by atoms with Crippen molar-refractivity contribution in [3.8, 4) is 0 Å². The van der Waals surface area contributed by atoms with Gasteiger partial charge in [0, 0.05) is 44.1 Å². The van der Waals surface area contributed by atoms with Gasteiger partial charge in [0.05, 0.1) is 18.3 Å². The molecule has 1 aliphatic heterocycles. The van der Waals surface area contributed by atoms with Crippen molar-refractivity contribution in [2.24, 2.45) is 58.5 Å². The van der Waals surface area contributed by atoms with E-state index in [4.69, 9.17) is 15.3 Å². The molecule has 9 nitrogen and oxygen atoms in total. The highest BCUT2D eigenvalue weighted by atomic mass is 16.7.